The maximum Gasteiger partial charge on any atom is 0.227 e. The molecule has 2 heterocycles. The van der Waals surface area contributed by atoms with Gasteiger partial charge in [-0.25, -0.2) is 4.68 Å². The van der Waals surface area contributed by atoms with Crippen molar-refractivity contribution in [2.45, 2.75) is 51.9 Å². The van der Waals surface area contributed by atoms with Crippen molar-refractivity contribution < 1.29 is 14.3 Å². The molecule has 0 saturated carbocycles. The molecule has 7 nitrogen and oxygen atoms in total. The van der Waals surface area contributed by atoms with Crippen LogP contribution in [0.4, 0.5) is 5.95 Å². The molecule has 0 bridgehead atoms. The molecule has 0 fully saturated rings. The fraction of sp³-hybridized carbons (Fsp3) is 0.346. The first kappa shape index (κ1) is 25.3. The van der Waals surface area contributed by atoms with Crippen molar-refractivity contribution in [1.29, 1.82) is 0 Å². The van der Waals surface area contributed by atoms with Gasteiger partial charge in [-0.15, -0.1) is 5.10 Å². The molecule has 2 aromatic carbocycles. The van der Waals surface area contributed by atoms with Gasteiger partial charge in [0.1, 0.15) is 12.6 Å². The van der Waals surface area contributed by atoms with E-state index in [1.807, 2.05) is 37.3 Å². The summed E-state index contributed by atoms with van der Waals surface area (Å²) >= 11 is 5.28. The van der Waals surface area contributed by atoms with E-state index < -0.39 is 6.04 Å². The van der Waals surface area contributed by atoms with Crippen LogP contribution in [0.25, 0.3) is 0 Å². The second kappa shape index (κ2) is 10.9. The van der Waals surface area contributed by atoms with Gasteiger partial charge in [0.2, 0.25) is 11.1 Å². The van der Waals surface area contributed by atoms with Gasteiger partial charge < -0.3 is 14.8 Å². The van der Waals surface area contributed by atoms with Crippen LogP contribution in [-0.2, 0) is 11.4 Å². The lowest BCUT2D eigenvalue weighted by molar-refractivity contribution is -0.114. The lowest BCUT2D eigenvalue weighted by Crippen LogP contribution is -2.28. The van der Waals surface area contributed by atoms with Crippen molar-refractivity contribution in [3.8, 4) is 11.5 Å². The van der Waals surface area contributed by atoms with Gasteiger partial charge in [0.15, 0.2) is 17.3 Å². The predicted octanol–water partition coefficient (Wildman–Crippen LogP) is 6.32. The summed E-state index contributed by atoms with van der Waals surface area (Å²) in [7, 11) is 1.61. The number of aromatic nitrogens is 3. The van der Waals surface area contributed by atoms with Gasteiger partial charge in [0.05, 0.1) is 11.6 Å². The van der Waals surface area contributed by atoms with Crippen LogP contribution < -0.4 is 14.8 Å². The fourth-order valence-electron chi connectivity index (χ4n) is 4.11. The number of halogens is 1. The van der Waals surface area contributed by atoms with E-state index >= 15 is 0 Å². The highest BCUT2D eigenvalue weighted by Gasteiger charge is 2.33. The second-order valence-corrected chi connectivity index (χ2v) is 10.3. The monoisotopic (exact) mass is 556 g/mol. The lowest BCUT2D eigenvalue weighted by Gasteiger charge is -2.28. The maximum atomic E-state index is 12.7. The summed E-state index contributed by atoms with van der Waals surface area (Å²) in [6, 6.07) is 11.6. The summed E-state index contributed by atoms with van der Waals surface area (Å²) in [5.74, 6) is 2.69. The molecule has 1 atom stereocenters. The molecule has 0 radical (unpaired) electrons. The normalized spacial score (nSPS) is 15.0. The molecule has 1 unspecified atom stereocenters. The molecule has 4 rings (SSSR count). The summed E-state index contributed by atoms with van der Waals surface area (Å²) in [5, 5.41) is 8.67. The van der Waals surface area contributed by atoms with Crippen LogP contribution in [0.15, 0.2) is 57.3 Å². The summed E-state index contributed by atoms with van der Waals surface area (Å²) < 4.78 is 14.4. The Kier molecular flexibility index (Phi) is 7.86. The third kappa shape index (κ3) is 5.26. The first-order chi connectivity index (χ1) is 16.8. The number of aryl methyl sites for hydroxylation is 1. The third-order valence-corrected chi connectivity index (χ3v) is 7.48. The Labute approximate surface area is 218 Å². The van der Waals surface area contributed by atoms with E-state index in [9.17, 15) is 4.79 Å². The SMILES string of the molecule is CCCSc1nc2n(n1)C(c1cc(Br)c(OCc3ccccc3C)c(OC)c1)C(C(C)=O)=C(C)N2. The summed E-state index contributed by atoms with van der Waals surface area (Å²) in [6.07, 6.45) is 1.02. The number of thioether (sulfide) groups is 1. The van der Waals surface area contributed by atoms with Gasteiger partial charge in [-0.05, 0) is 71.9 Å². The van der Waals surface area contributed by atoms with E-state index in [2.05, 4.69) is 46.1 Å². The number of rotatable bonds is 9. The largest absolute Gasteiger partial charge is 0.493 e. The molecule has 9 heteroatoms. The molecule has 0 amide bonds. The maximum absolute atomic E-state index is 12.7. The molecule has 184 valence electrons. The highest BCUT2D eigenvalue weighted by atomic mass is 79.9. The lowest BCUT2D eigenvalue weighted by atomic mass is 9.93. The minimum Gasteiger partial charge on any atom is -0.493 e. The topological polar surface area (TPSA) is 78.3 Å². The fourth-order valence-corrected chi connectivity index (χ4v) is 5.37. The van der Waals surface area contributed by atoms with Crippen LogP contribution in [0.5, 0.6) is 11.5 Å². The molecule has 1 aliphatic rings. The number of hydrogen-bond acceptors (Lipinski definition) is 7. The molecule has 0 saturated heterocycles. The molecular weight excluding hydrogens is 528 g/mol. The number of anilines is 1. The molecule has 1 aliphatic heterocycles. The Balaban J connectivity index is 1.75. The molecule has 35 heavy (non-hydrogen) atoms. The van der Waals surface area contributed by atoms with Crippen LogP contribution >= 0.6 is 27.7 Å². The van der Waals surface area contributed by atoms with Gasteiger partial charge >= 0.3 is 0 Å². The second-order valence-electron chi connectivity index (χ2n) is 8.38. The van der Waals surface area contributed by atoms with Gasteiger partial charge in [0.25, 0.3) is 0 Å². The number of Topliss-reactive ketones (excluding diaryl/α,β-unsaturated/α-hetero) is 1. The van der Waals surface area contributed by atoms with E-state index in [-0.39, 0.29) is 5.78 Å². The van der Waals surface area contributed by atoms with Crippen molar-refractivity contribution in [2.75, 3.05) is 18.2 Å². The quantitative estimate of drug-likeness (QED) is 0.309. The van der Waals surface area contributed by atoms with Crippen molar-refractivity contribution >= 4 is 39.4 Å². The summed E-state index contributed by atoms with van der Waals surface area (Å²) in [4.78, 5) is 17.4. The van der Waals surface area contributed by atoms with Crippen molar-refractivity contribution in [3.63, 3.8) is 0 Å². The molecule has 0 spiro atoms. The zero-order chi connectivity index (χ0) is 25.1. The third-order valence-electron chi connectivity index (χ3n) is 5.85. The number of methoxy groups -OCH3 is 1. The van der Waals surface area contributed by atoms with Gasteiger partial charge in [-0.1, -0.05) is 43.0 Å². The number of nitrogens with one attached hydrogen (secondary N) is 1. The number of carbonyl (C=O) groups excluding carboxylic acids is 1. The number of ketones is 1. The highest BCUT2D eigenvalue weighted by Crippen LogP contribution is 2.43. The molecule has 3 aromatic rings. The van der Waals surface area contributed by atoms with Gasteiger partial charge in [-0.3, -0.25) is 4.79 Å². The van der Waals surface area contributed by atoms with Crippen LogP contribution in [0.2, 0.25) is 0 Å². The van der Waals surface area contributed by atoms with Gasteiger partial charge in [0, 0.05) is 17.0 Å². The van der Waals surface area contributed by atoms with Crippen LogP contribution in [-0.4, -0.2) is 33.4 Å². The minimum atomic E-state index is -0.442. The van der Waals surface area contributed by atoms with E-state index in [4.69, 9.17) is 14.6 Å². The van der Waals surface area contributed by atoms with Crippen molar-refractivity contribution in [1.82, 2.24) is 14.8 Å². The molecule has 0 aliphatic carbocycles. The number of carbonyl (C=O) groups is 1. The Morgan fingerprint density at radius 2 is 2.03 bits per heavy atom. The first-order valence-corrected chi connectivity index (χ1v) is 13.2. The Bertz CT molecular complexity index is 1290. The van der Waals surface area contributed by atoms with E-state index in [1.54, 1.807) is 30.5 Å². The number of benzene rings is 2. The molecule has 1 aromatic heterocycles. The van der Waals surface area contributed by atoms with E-state index in [0.717, 1.165) is 39.0 Å². The number of allylic oxidation sites excluding steroid dienone is 2. The average molecular weight is 558 g/mol. The van der Waals surface area contributed by atoms with E-state index in [1.165, 1.54) is 0 Å². The van der Waals surface area contributed by atoms with Crippen LogP contribution in [0.3, 0.4) is 0 Å². The highest BCUT2D eigenvalue weighted by molar-refractivity contribution is 9.10. The van der Waals surface area contributed by atoms with Crippen molar-refractivity contribution in [2.24, 2.45) is 0 Å². The van der Waals surface area contributed by atoms with E-state index in [0.29, 0.717) is 34.8 Å². The molecule has 1 N–H and O–H groups in total. The van der Waals surface area contributed by atoms with Crippen LogP contribution in [0.1, 0.15) is 49.9 Å². The minimum absolute atomic E-state index is 0.0288. The van der Waals surface area contributed by atoms with Crippen molar-refractivity contribution in [3.05, 3.63) is 68.8 Å². The average Bonchev–Trinajstić information content (AvgIpc) is 3.23. The number of hydrogen-bond donors (Lipinski definition) is 1. The molecular formula is C26H29BrN4O3S. The Hall–Kier alpha value is -2.78. The Morgan fingerprint density at radius 1 is 1.26 bits per heavy atom. The zero-order valence-corrected chi connectivity index (χ0v) is 22.9. The van der Waals surface area contributed by atoms with Crippen LogP contribution in [0, 0.1) is 6.92 Å². The zero-order valence-electron chi connectivity index (χ0n) is 20.5. The number of nitrogens with zero attached hydrogens (tertiary/aromatic N) is 3. The Morgan fingerprint density at radius 3 is 2.71 bits per heavy atom. The van der Waals surface area contributed by atoms with Gasteiger partial charge in [-0.2, -0.15) is 4.98 Å². The number of ether oxygens (including phenoxy) is 2. The summed E-state index contributed by atoms with van der Waals surface area (Å²) in [5.41, 5.74) is 4.52. The number of fused-ring (bicyclic) bond motifs is 1. The summed E-state index contributed by atoms with van der Waals surface area (Å²) in [6.45, 7) is 8.07. The predicted molar refractivity (Wildman–Crippen MR) is 142 cm³/mol. The first-order valence-electron chi connectivity index (χ1n) is 11.5. The standard InChI is InChI=1S/C26H29BrN4O3S/c1-6-11-35-26-29-25-28-16(3)22(17(4)32)23(31(25)30-26)19-12-20(27)24(21(13-19)33-5)34-14-18-10-8-7-9-15(18)2/h7-10,12-13,23H,6,11,14H2,1-5H3,(H,28,29,30). The smallest absolute Gasteiger partial charge is 0.227 e.